The maximum Gasteiger partial charge on any atom is 0.0470 e. The van der Waals surface area contributed by atoms with E-state index in [1.807, 2.05) is 0 Å². The van der Waals surface area contributed by atoms with Gasteiger partial charge in [0.15, 0.2) is 0 Å². The lowest BCUT2D eigenvalue weighted by Gasteiger charge is -2.20. The van der Waals surface area contributed by atoms with E-state index < -0.39 is 0 Å². The maximum absolute atomic E-state index is 9.52. The first kappa shape index (κ1) is 13.8. The van der Waals surface area contributed by atoms with Crippen LogP contribution in [0.3, 0.4) is 0 Å². The molecule has 0 radical (unpaired) electrons. The fourth-order valence-corrected chi connectivity index (χ4v) is 3.45. The molecule has 0 amide bonds. The van der Waals surface area contributed by atoms with Gasteiger partial charge >= 0.3 is 0 Å². The second-order valence-corrected chi connectivity index (χ2v) is 5.78. The summed E-state index contributed by atoms with van der Waals surface area (Å²) < 4.78 is 0. The highest BCUT2D eigenvalue weighted by Gasteiger charge is 2.61. The van der Waals surface area contributed by atoms with Gasteiger partial charge in [0.1, 0.15) is 0 Å². The maximum atomic E-state index is 9.52. The topological polar surface area (TPSA) is 20.2 Å². The van der Waals surface area contributed by atoms with E-state index >= 15 is 0 Å². The first-order chi connectivity index (χ1) is 7.62. The Morgan fingerprint density at radius 1 is 1.38 bits per heavy atom. The second kappa shape index (κ2) is 5.86. The Morgan fingerprint density at radius 3 is 2.50 bits per heavy atom. The minimum atomic E-state index is 0.367. The highest BCUT2D eigenvalue weighted by molar-refractivity contribution is 5.17. The van der Waals surface area contributed by atoms with Crippen LogP contribution < -0.4 is 0 Å². The van der Waals surface area contributed by atoms with Crippen molar-refractivity contribution in [3.05, 3.63) is 12.2 Å². The van der Waals surface area contributed by atoms with E-state index in [4.69, 9.17) is 0 Å². The molecule has 1 aliphatic carbocycles. The van der Waals surface area contributed by atoms with Gasteiger partial charge in [0, 0.05) is 6.61 Å². The van der Waals surface area contributed by atoms with E-state index in [1.165, 1.54) is 25.7 Å². The summed E-state index contributed by atoms with van der Waals surface area (Å²) in [4.78, 5) is 0. The van der Waals surface area contributed by atoms with Crippen molar-refractivity contribution in [2.75, 3.05) is 6.61 Å². The van der Waals surface area contributed by atoms with E-state index in [2.05, 4.69) is 39.8 Å². The van der Waals surface area contributed by atoms with Crippen LogP contribution in [0.15, 0.2) is 12.2 Å². The third-order valence-electron chi connectivity index (χ3n) is 4.11. The number of allylic oxidation sites excluding steroid dienone is 2. The molecule has 1 rings (SSSR count). The Hall–Kier alpha value is -0.300. The minimum Gasteiger partial charge on any atom is -0.396 e. The summed E-state index contributed by atoms with van der Waals surface area (Å²) >= 11 is 0. The molecule has 0 aromatic rings. The van der Waals surface area contributed by atoms with Crippen LogP contribution in [0.5, 0.6) is 0 Å². The molecule has 0 saturated heterocycles. The number of aliphatic hydroxyl groups is 1. The van der Waals surface area contributed by atoms with Crippen molar-refractivity contribution >= 4 is 0 Å². The van der Waals surface area contributed by atoms with Gasteiger partial charge in [-0.3, -0.25) is 0 Å². The molecule has 1 aliphatic rings. The van der Waals surface area contributed by atoms with Crippen molar-refractivity contribution in [3.63, 3.8) is 0 Å². The van der Waals surface area contributed by atoms with Crippen molar-refractivity contribution in [2.45, 2.75) is 53.4 Å². The van der Waals surface area contributed by atoms with Gasteiger partial charge in [-0.15, -0.1) is 0 Å². The summed E-state index contributed by atoms with van der Waals surface area (Å²) in [7, 11) is 0. The molecule has 0 aliphatic heterocycles. The first-order valence-electron chi connectivity index (χ1n) is 6.86. The van der Waals surface area contributed by atoms with Gasteiger partial charge in [0.05, 0.1) is 0 Å². The molecule has 1 heteroatoms. The Morgan fingerprint density at radius 2 is 2.06 bits per heavy atom. The smallest absolute Gasteiger partial charge is 0.0470 e. The summed E-state index contributed by atoms with van der Waals surface area (Å²) in [6.45, 7) is 9.31. The SMILES string of the molecule is C/C=C/[C@@H]1[C@H](CO)[C@]1(CCCC)CC(C)C. The third-order valence-corrected chi connectivity index (χ3v) is 4.11. The lowest BCUT2D eigenvalue weighted by Crippen LogP contribution is -2.11. The van der Waals surface area contributed by atoms with Crippen LogP contribution in [0.1, 0.15) is 53.4 Å². The summed E-state index contributed by atoms with van der Waals surface area (Å²) in [6.07, 6.45) is 9.60. The number of rotatable bonds is 7. The van der Waals surface area contributed by atoms with E-state index in [0.29, 0.717) is 23.9 Å². The molecule has 0 bridgehead atoms. The Bertz CT molecular complexity index is 232. The zero-order valence-corrected chi connectivity index (χ0v) is 11.4. The first-order valence-corrected chi connectivity index (χ1v) is 6.86. The van der Waals surface area contributed by atoms with Gasteiger partial charge in [-0.05, 0) is 42.9 Å². The Labute approximate surface area is 101 Å². The zero-order chi connectivity index (χ0) is 12.2. The molecule has 1 saturated carbocycles. The van der Waals surface area contributed by atoms with Crippen LogP contribution in [0, 0.1) is 23.2 Å². The summed E-state index contributed by atoms with van der Waals surface area (Å²) in [5.74, 6) is 1.90. The molecule has 0 spiro atoms. The number of hydrogen-bond acceptors (Lipinski definition) is 1. The molecule has 16 heavy (non-hydrogen) atoms. The third kappa shape index (κ3) is 2.68. The van der Waals surface area contributed by atoms with Crippen molar-refractivity contribution in [2.24, 2.45) is 23.2 Å². The van der Waals surface area contributed by atoms with Crippen LogP contribution >= 0.6 is 0 Å². The fourth-order valence-electron chi connectivity index (χ4n) is 3.45. The van der Waals surface area contributed by atoms with Crippen molar-refractivity contribution in [3.8, 4) is 0 Å². The van der Waals surface area contributed by atoms with Gasteiger partial charge in [0.25, 0.3) is 0 Å². The average molecular weight is 224 g/mol. The molecule has 0 unspecified atom stereocenters. The summed E-state index contributed by atoms with van der Waals surface area (Å²) in [5, 5.41) is 9.52. The van der Waals surface area contributed by atoms with E-state index in [-0.39, 0.29) is 0 Å². The monoisotopic (exact) mass is 224 g/mol. The van der Waals surface area contributed by atoms with Crippen LogP contribution in [-0.4, -0.2) is 11.7 Å². The van der Waals surface area contributed by atoms with E-state index in [9.17, 15) is 5.11 Å². The molecule has 0 aromatic carbocycles. The lowest BCUT2D eigenvalue weighted by molar-refractivity contribution is 0.226. The van der Waals surface area contributed by atoms with Crippen molar-refractivity contribution in [1.82, 2.24) is 0 Å². The van der Waals surface area contributed by atoms with Crippen LogP contribution in [0.4, 0.5) is 0 Å². The molecule has 1 nitrogen and oxygen atoms in total. The molecule has 1 fully saturated rings. The van der Waals surface area contributed by atoms with Gasteiger partial charge in [-0.1, -0.05) is 45.8 Å². The van der Waals surface area contributed by atoms with Crippen molar-refractivity contribution < 1.29 is 5.11 Å². The summed E-state index contributed by atoms with van der Waals surface area (Å²) in [6, 6.07) is 0. The second-order valence-electron chi connectivity index (χ2n) is 5.78. The van der Waals surface area contributed by atoms with Gasteiger partial charge in [-0.25, -0.2) is 0 Å². The highest BCUT2D eigenvalue weighted by Crippen LogP contribution is 2.65. The van der Waals surface area contributed by atoms with Gasteiger partial charge in [0.2, 0.25) is 0 Å². The van der Waals surface area contributed by atoms with E-state index in [0.717, 1.165) is 5.92 Å². The zero-order valence-electron chi connectivity index (χ0n) is 11.4. The normalized spacial score (nSPS) is 33.9. The lowest BCUT2D eigenvalue weighted by atomic mass is 9.85. The van der Waals surface area contributed by atoms with Gasteiger partial charge in [-0.2, -0.15) is 0 Å². The van der Waals surface area contributed by atoms with Crippen LogP contribution in [0.2, 0.25) is 0 Å². The highest BCUT2D eigenvalue weighted by atomic mass is 16.3. The molecule has 0 aromatic heterocycles. The standard InChI is InChI=1S/C15H28O/c1-5-7-9-15(10-12(3)4)13(8-6-2)14(15)11-16/h6,8,12-14,16H,5,7,9-11H2,1-4H3/b8-6+/t13-,14+,15-/m1/s1. The Balaban J connectivity index is 2.71. The predicted molar refractivity (Wildman–Crippen MR) is 70.3 cm³/mol. The molecule has 0 heterocycles. The largest absolute Gasteiger partial charge is 0.396 e. The Kier molecular flexibility index (Phi) is 5.04. The minimum absolute atomic E-state index is 0.367. The average Bonchev–Trinajstić information content (AvgIpc) is 2.82. The van der Waals surface area contributed by atoms with Crippen LogP contribution in [-0.2, 0) is 0 Å². The van der Waals surface area contributed by atoms with Gasteiger partial charge < -0.3 is 5.11 Å². The molecule has 3 atom stereocenters. The van der Waals surface area contributed by atoms with Crippen LogP contribution in [0.25, 0.3) is 0 Å². The molecular formula is C15H28O. The number of aliphatic hydroxyl groups excluding tert-OH is 1. The number of unbranched alkanes of at least 4 members (excludes halogenated alkanes) is 1. The fraction of sp³-hybridized carbons (Fsp3) is 0.867. The van der Waals surface area contributed by atoms with E-state index in [1.54, 1.807) is 0 Å². The molecule has 1 N–H and O–H groups in total. The molecule has 94 valence electrons. The molecular weight excluding hydrogens is 196 g/mol. The van der Waals surface area contributed by atoms with Crippen molar-refractivity contribution in [1.29, 1.82) is 0 Å². The number of hydrogen-bond donors (Lipinski definition) is 1. The predicted octanol–water partition coefficient (Wildman–Crippen LogP) is 4.02. The summed E-state index contributed by atoms with van der Waals surface area (Å²) in [5.41, 5.74) is 0.422. The quantitative estimate of drug-likeness (QED) is 0.647.